The van der Waals surface area contributed by atoms with Crippen molar-refractivity contribution in [1.82, 2.24) is 0 Å². The second-order valence-corrected chi connectivity index (χ2v) is 5.17. The minimum Gasteiger partial charge on any atom is -0.504 e. The molecule has 0 atom stereocenters. The molecular formula is C18H15NO6. The van der Waals surface area contributed by atoms with E-state index in [9.17, 15) is 19.8 Å². The minimum absolute atomic E-state index is 0.111. The lowest BCUT2D eigenvalue weighted by atomic mass is 10.1. The predicted octanol–water partition coefficient (Wildman–Crippen LogP) is 3.44. The molecule has 7 heteroatoms. The van der Waals surface area contributed by atoms with Gasteiger partial charge in [0, 0.05) is 11.6 Å². The predicted molar refractivity (Wildman–Crippen MR) is 91.9 cm³/mol. The van der Waals surface area contributed by atoms with Gasteiger partial charge in [-0.15, -0.1) is 0 Å². The second kappa shape index (κ2) is 6.56. The number of phenolic OH excluding ortho intramolecular Hbond substituents is 2. The van der Waals surface area contributed by atoms with E-state index in [-0.39, 0.29) is 23.3 Å². The lowest BCUT2D eigenvalue weighted by molar-refractivity contribution is 0.168. The molecule has 7 nitrogen and oxygen atoms in total. The summed E-state index contributed by atoms with van der Waals surface area (Å²) in [6.07, 6.45) is -0.624. The van der Waals surface area contributed by atoms with E-state index in [1.165, 1.54) is 18.2 Å². The van der Waals surface area contributed by atoms with Gasteiger partial charge in [0.25, 0.3) is 0 Å². The Bertz CT molecular complexity index is 1010. The van der Waals surface area contributed by atoms with Crippen molar-refractivity contribution in [2.75, 3.05) is 11.9 Å². The van der Waals surface area contributed by atoms with Crippen molar-refractivity contribution in [2.24, 2.45) is 0 Å². The summed E-state index contributed by atoms with van der Waals surface area (Å²) in [4.78, 5) is 24.0. The summed E-state index contributed by atoms with van der Waals surface area (Å²) in [5.74, 6) is -0.734. The average molecular weight is 341 g/mol. The van der Waals surface area contributed by atoms with E-state index in [2.05, 4.69) is 5.32 Å². The number of amides is 1. The molecule has 0 aliphatic heterocycles. The average Bonchev–Trinajstić information content (AvgIpc) is 2.58. The molecule has 1 heterocycles. The van der Waals surface area contributed by atoms with Gasteiger partial charge < -0.3 is 19.4 Å². The van der Waals surface area contributed by atoms with Crippen LogP contribution in [0.1, 0.15) is 6.92 Å². The van der Waals surface area contributed by atoms with E-state index in [1.54, 1.807) is 31.2 Å². The number of hydrogen-bond acceptors (Lipinski definition) is 6. The van der Waals surface area contributed by atoms with Crippen LogP contribution in [0.3, 0.4) is 0 Å². The van der Waals surface area contributed by atoms with Crippen LogP contribution in [0.2, 0.25) is 0 Å². The maximum absolute atomic E-state index is 12.3. The van der Waals surface area contributed by atoms with Crippen molar-refractivity contribution in [2.45, 2.75) is 6.92 Å². The highest BCUT2D eigenvalue weighted by atomic mass is 16.5. The fourth-order valence-electron chi connectivity index (χ4n) is 2.44. The summed E-state index contributed by atoms with van der Waals surface area (Å²) in [5.41, 5.74) is 0.480. The molecule has 0 unspecified atom stereocenters. The summed E-state index contributed by atoms with van der Waals surface area (Å²) in [5, 5.41) is 21.9. The molecule has 0 saturated heterocycles. The first-order valence-corrected chi connectivity index (χ1v) is 7.53. The standard InChI is InChI=1S/C18H15NO6/c1-2-24-18(23)19-11-6-4-3-5-10(11)15-9-13(21)16-14(25-15)8-7-12(20)17(16)22/h3-9,20,22H,2H2,1H3,(H,19,23). The van der Waals surface area contributed by atoms with Gasteiger partial charge in [0.15, 0.2) is 16.9 Å². The third-order valence-corrected chi connectivity index (χ3v) is 3.55. The number of ether oxygens (including phenoxy) is 1. The van der Waals surface area contributed by atoms with Crippen LogP contribution in [-0.4, -0.2) is 22.9 Å². The van der Waals surface area contributed by atoms with Gasteiger partial charge in [0.2, 0.25) is 0 Å². The van der Waals surface area contributed by atoms with Crippen molar-refractivity contribution in [3.05, 3.63) is 52.7 Å². The topological polar surface area (TPSA) is 109 Å². The summed E-state index contributed by atoms with van der Waals surface area (Å²) in [6, 6.07) is 10.6. The van der Waals surface area contributed by atoms with E-state index in [4.69, 9.17) is 9.15 Å². The lowest BCUT2D eigenvalue weighted by Gasteiger charge is -2.11. The van der Waals surface area contributed by atoms with Gasteiger partial charge in [0.05, 0.1) is 12.3 Å². The van der Waals surface area contributed by atoms with Gasteiger partial charge in [-0.05, 0) is 31.2 Å². The molecule has 25 heavy (non-hydrogen) atoms. The number of benzene rings is 2. The van der Waals surface area contributed by atoms with Crippen LogP contribution in [-0.2, 0) is 4.74 Å². The van der Waals surface area contributed by atoms with Crippen LogP contribution >= 0.6 is 0 Å². The Morgan fingerprint density at radius 1 is 1.20 bits per heavy atom. The smallest absolute Gasteiger partial charge is 0.411 e. The maximum atomic E-state index is 12.3. The fraction of sp³-hybridized carbons (Fsp3) is 0.111. The molecule has 1 amide bonds. The molecular weight excluding hydrogens is 326 g/mol. The number of fused-ring (bicyclic) bond motifs is 1. The van der Waals surface area contributed by atoms with Gasteiger partial charge in [0.1, 0.15) is 16.7 Å². The Labute approximate surface area is 142 Å². The molecule has 0 aliphatic rings. The summed E-state index contributed by atoms with van der Waals surface area (Å²) in [6.45, 7) is 1.91. The number of rotatable bonds is 3. The van der Waals surface area contributed by atoms with E-state index in [1.807, 2.05) is 0 Å². The van der Waals surface area contributed by atoms with Crippen LogP contribution in [0.25, 0.3) is 22.3 Å². The Hall–Kier alpha value is -3.48. The Kier molecular flexibility index (Phi) is 4.30. The Morgan fingerprint density at radius 2 is 1.96 bits per heavy atom. The summed E-state index contributed by atoms with van der Waals surface area (Å²) in [7, 11) is 0. The maximum Gasteiger partial charge on any atom is 0.411 e. The van der Waals surface area contributed by atoms with Crippen LogP contribution in [0, 0.1) is 0 Å². The van der Waals surface area contributed by atoms with Crippen LogP contribution < -0.4 is 10.7 Å². The second-order valence-electron chi connectivity index (χ2n) is 5.17. The highest BCUT2D eigenvalue weighted by molar-refractivity contribution is 5.92. The zero-order valence-electron chi connectivity index (χ0n) is 13.3. The number of phenols is 2. The van der Waals surface area contributed by atoms with Crippen molar-refractivity contribution in [3.8, 4) is 22.8 Å². The van der Waals surface area contributed by atoms with Gasteiger partial charge >= 0.3 is 6.09 Å². The highest BCUT2D eigenvalue weighted by Gasteiger charge is 2.16. The van der Waals surface area contributed by atoms with Crippen LogP contribution in [0.15, 0.2) is 51.7 Å². The number of nitrogens with one attached hydrogen (secondary N) is 1. The number of hydrogen-bond donors (Lipinski definition) is 3. The van der Waals surface area contributed by atoms with E-state index in [0.29, 0.717) is 11.3 Å². The first-order chi connectivity index (χ1) is 12.0. The minimum atomic E-state index is -0.624. The molecule has 0 bridgehead atoms. The quantitative estimate of drug-likeness (QED) is 0.630. The molecule has 1 aromatic heterocycles. The molecule has 3 aromatic rings. The number of para-hydroxylation sites is 1. The third kappa shape index (κ3) is 3.12. The molecule has 3 N–H and O–H groups in total. The van der Waals surface area contributed by atoms with Gasteiger partial charge in [-0.25, -0.2) is 4.79 Å². The molecule has 2 aromatic carbocycles. The largest absolute Gasteiger partial charge is 0.504 e. The number of aromatic hydroxyl groups is 2. The van der Waals surface area contributed by atoms with Crippen molar-refractivity contribution < 1.29 is 24.2 Å². The van der Waals surface area contributed by atoms with Crippen LogP contribution in [0.4, 0.5) is 10.5 Å². The summed E-state index contributed by atoms with van der Waals surface area (Å²) >= 11 is 0. The number of carbonyl (C=O) groups is 1. The number of carbonyl (C=O) groups excluding carboxylic acids is 1. The molecule has 128 valence electrons. The van der Waals surface area contributed by atoms with Gasteiger partial charge in [-0.2, -0.15) is 0 Å². The first-order valence-electron chi connectivity index (χ1n) is 7.53. The molecule has 3 rings (SSSR count). The Morgan fingerprint density at radius 3 is 2.72 bits per heavy atom. The molecule has 0 radical (unpaired) electrons. The molecule has 0 saturated carbocycles. The fourth-order valence-corrected chi connectivity index (χ4v) is 2.44. The van der Waals surface area contributed by atoms with Crippen molar-refractivity contribution >= 4 is 22.7 Å². The normalized spacial score (nSPS) is 10.6. The van der Waals surface area contributed by atoms with E-state index in [0.717, 1.165) is 0 Å². The third-order valence-electron chi connectivity index (χ3n) is 3.55. The zero-order valence-corrected chi connectivity index (χ0v) is 13.3. The zero-order chi connectivity index (χ0) is 18.0. The molecule has 0 fully saturated rings. The van der Waals surface area contributed by atoms with E-state index >= 15 is 0 Å². The highest BCUT2D eigenvalue weighted by Crippen LogP contribution is 2.34. The first kappa shape index (κ1) is 16.4. The summed E-state index contributed by atoms with van der Waals surface area (Å²) < 4.78 is 10.5. The monoisotopic (exact) mass is 341 g/mol. The van der Waals surface area contributed by atoms with Crippen molar-refractivity contribution in [1.29, 1.82) is 0 Å². The lowest BCUT2D eigenvalue weighted by Crippen LogP contribution is -2.14. The van der Waals surface area contributed by atoms with Crippen LogP contribution in [0.5, 0.6) is 11.5 Å². The molecule has 0 spiro atoms. The van der Waals surface area contributed by atoms with Gasteiger partial charge in [-0.3, -0.25) is 10.1 Å². The SMILES string of the molecule is CCOC(=O)Nc1ccccc1-c1cc(=O)c2c(O)c(O)ccc2o1. The number of anilines is 1. The Balaban J connectivity index is 2.13. The molecule has 0 aliphatic carbocycles. The van der Waals surface area contributed by atoms with E-state index < -0.39 is 23.0 Å². The van der Waals surface area contributed by atoms with Gasteiger partial charge in [-0.1, -0.05) is 12.1 Å². The van der Waals surface area contributed by atoms with Crippen molar-refractivity contribution in [3.63, 3.8) is 0 Å².